The minimum atomic E-state index is -0.350. The van der Waals surface area contributed by atoms with Gasteiger partial charge in [-0.15, -0.1) is 0 Å². The molecule has 12 heavy (non-hydrogen) atoms. The van der Waals surface area contributed by atoms with Gasteiger partial charge in [-0.05, 0) is 41.8 Å². The molecule has 0 saturated carbocycles. The summed E-state index contributed by atoms with van der Waals surface area (Å²) in [6.07, 6.45) is 0. The smallest absolute Gasteiger partial charge is 0.398 e. The average Bonchev–Trinajstić information content (AvgIpc) is 1.81. The van der Waals surface area contributed by atoms with Crippen LogP contribution in [0.25, 0.3) is 0 Å². The fourth-order valence-corrected chi connectivity index (χ4v) is 0.389. The van der Waals surface area contributed by atoms with Gasteiger partial charge in [-0.3, -0.25) is 0 Å². The lowest BCUT2D eigenvalue weighted by atomic mass is 9.86. The van der Waals surface area contributed by atoms with Crippen molar-refractivity contribution in [3.63, 3.8) is 0 Å². The fraction of sp³-hybridized carbons (Fsp3) is 1.00. The summed E-state index contributed by atoms with van der Waals surface area (Å²) in [4.78, 5) is 1.85. The average molecular weight is 171 g/mol. The zero-order chi connectivity index (χ0) is 9.99. The summed E-state index contributed by atoms with van der Waals surface area (Å²) in [6.45, 7) is 7.87. The highest BCUT2D eigenvalue weighted by atomic mass is 16.5. The van der Waals surface area contributed by atoms with E-state index in [4.69, 9.17) is 10.4 Å². The largest absolute Gasteiger partial charge is 0.417 e. The summed E-state index contributed by atoms with van der Waals surface area (Å²) in [5.74, 6) is 0. The molecule has 3 nitrogen and oxygen atoms in total. The van der Waals surface area contributed by atoms with Crippen molar-refractivity contribution in [3.05, 3.63) is 0 Å². The van der Waals surface area contributed by atoms with Gasteiger partial charge in [0.25, 0.3) is 0 Å². The maximum atomic E-state index is 5.94. The molecule has 0 bridgehead atoms. The summed E-state index contributed by atoms with van der Waals surface area (Å²) < 4.78 is 5.53. The van der Waals surface area contributed by atoms with Crippen LogP contribution >= 0.6 is 0 Å². The molecule has 0 aliphatic rings. The van der Waals surface area contributed by atoms with Crippen molar-refractivity contribution in [3.8, 4) is 0 Å². The van der Waals surface area contributed by atoms with Crippen molar-refractivity contribution in [1.82, 2.24) is 4.81 Å². The first-order valence-electron chi connectivity index (χ1n) is 4.13. The lowest BCUT2D eigenvalue weighted by Crippen LogP contribution is -2.55. The van der Waals surface area contributed by atoms with E-state index in [0.717, 1.165) is 0 Å². The normalized spacial score (nSPS) is 13.7. The molecule has 0 aromatic carbocycles. The first-order chi connectivity index (χ1) is 5.17. The van der Waals surface area contributed by atoms with Crippen LogP contribution in [0.2, 0.25) is 0 Å². The van der Waals surface area contributed by atoms with Gasteiger partial charge in [0, 0.05) is 5.54 Å². The Hall–Kier alpha value is -0.0551. The van der Waals surface area contributed by atoms with E-state index in [9.17, 15) is 0 Å². The molecule has 71 valence electrons. The van der Waals surface area contributed by atoms with Crippen molar-refractivity contribution in [2.45, 2.75) is 38.8 Å². The van der Waals surface area contributed by atoms with Gasteiger partial charge < -0.3 is 15.2 Å². The first-order valence-corrected chi connectivity index (χ1v) is 4.13. The van der Waals surface area contributed by atoms with Crippen molar-refractivity contribution < 1.29 is 4.65 Å². The minimum Gasteiger partial charge on any atom is -0.417 e. The van der Waals surface area contributed by atoms with Crippen LogP contribution in [0.4, 0.5) is 0 Å². The van der Waals surface area contributed by atoms with Gasteiger partial charge in [0.05, 0.1) is 5.60 Å². The number of nitrogens with two attached hydrogens (primary N) is 1. The molecular formula is C8H20BN2O. The monoisotopic (exact) mass is 171 g/mol. The molecule has 0 atom stereocenters. The topological polar surface area (TPSA) is 38.5 Å². The Morgan fingerprint density at radius 1 is 1.17 bits per heavy atom. The molecule has 0 aromatic rings. The van der Waals surface area contributed by atoms with Crippen molar-refractivity contribution in [1.29, 1.82) is 0 Å². The molecule has 2 N–H and O–H groups in total. The fourth-order valence-electron chi connectivity index (χ4n) is 0.389. The molecule has 0 fully saturated rings. The van der Waals surface area contributed by atoms with E-state index in [1.54, 1.807) is 7.62 Å². The van der Waals surface area contributed by atoms with E-state index >= 15 is 0 Å². The highest BCUT2D eigenvalue weighted by molar-refractivity contribution is 6.23. The highest BCUT2D eigenvalue weighted by Crippen LogP contribution is 2.21. The number of hydrogen-bond acceptors (Lipinski definition) is 3. The molecule has 4 heteroatoms. The van der Waals surface area contributed by atoms with Crippen LogP contribution in [0.15, 0.2) is 0 Å². The van der Waals surface area contributed by atoms with Crippen molar-refractivity contribution >= 4 is 7.62 Å². The lowest BCUT2D eigenvalue weighted by molar-refractivity contribution is 0.0363. The van der Waals surface area contributed by atoms with E-state index in [-0.39, 0.29) is 11.1 Å². The molecule has 0 rings (SSSR count). The van der Waals surface area contributed by atoms with Crippen LogP contribution in [-0.4, -0.2) is 37.7 Å². The number of nitrogens with zero attached hydrogens (tertiary/aromatic N) is 1. The third-order valence-electron chi connectivity index (χ3n) is 2.11. The SMILES string of the molecule is CN(C)[B]OC(C)(C)C(C)(C)N. The second kappa shape index (κ2) is 3.77. The van der Waals surface area contributed by atoms with Gasteiger partial charge in [0.15, 0.2) is 0 Å². The Morgan fingerprint density at radius 3 is 1.83 bits per heavy atom. The van der Waals surface area contributed by atoms with Gasteiger partial charge in [-0.2, -0.15) is 0 Å². The highest BCUT2D eigenvalue weighted by Gasteiger charge is 2.34. The Bertz CT molecular complexity index is 140. The molecule has 1 radical (unpaired) electrons. The molecule has 0 saturated heterocycles. The zero-order valence-corrected chi connectivity index (χ0v) is 9.01. The maximum Gasteiger partial charge on any atom is 0.398 e. The number of rotatable bonds is 4. The Morgan fingerprint density at radius 2 is 1.58 bits per heavy atom. The summed E-state index contributed by atoms with van der Waals surface area (Å²) in [5, 5.41) is 0. The molecule has 0 unspecified atom stereocenters. The summed E-state index contributed by atoms with van der Waals surface area (Å²) in [6, 6.07) is 0. The van der Waals surface area contributed by atoms with Gasteiger partial charge >= 0.3 is 7.62 Å². The molecule has 0 aliphatic heterocycles. The standard InChI is InChI=1S/C8H20BN2O/c1-7(2,10)8(3,4)12-9-11(5)6/h10H2,1-6H3. The van der Waals surface area contributed by atoms with E-state index < -0.39 is 0 Å². The predicted octanol–water partition coefficient (Wildman–Crippen LogP) is 0.615. The second-order valence-electron chi connectivity index (χ2n) is 4.42. The maximum absolute atomic E-state index is 5.94. The third kappa shape index (κ3) is 3.56. The number of hydrogen-bond donors (Lipinski definition) is 1. The summed E-state index contributed by atoms with van der Waals surface area (Å²) in [7, 11) is 5.51. The summed E-state index contributed by atoms with van der Waals surface area (Å²) in [5.41, 5.74) is 5.24. The molecule has 0 aromatic heterocycles. The Labute approximate surface area is 76.6 Å². The van der Waals surface area contributed by atoms with E-state index in [1.165, 1.54) is 0 Å². The minimum absolute atomic E-state index is 0.348. The van der Waals surface area contributed by atoms with Crippen molar-refractivity contribution in [2.75, 3.05) is 14.1 Å². The van der Waals surface area contributed by atoms with Crippen LogP contribution in [0.3, 0.4) is 0 Å². The van der Waals surface area contributed by atoms with Gasteiger partial charge in [-0.25, -0.2) is 0 Å². The van der Waals surface area contributed by atoms with Gasteiger partial charge in [-0.1, -0.05) is 0 Å². The van der Waals surface area contributed by atoms with Crippen LogP contribution in [-0.2, 0) is 4.65 Å². The molecular weight excluding hydrogens is 151 g/mol. The molecule has 0 heterocycles. The Balaban J connectivity index is 4.05. The first kappa shape index (κ1) is 11.9. The zero-order valence-electron chi connectivity index (χ0n) is 9.01. The second-order valence-corrected chi connectivity index (χ2v) is 4.42. The molecule has 0 amide bonds. The molecule has 0 spiro atoms. The van der Waals surface area contributed by atoms with E-state index in [1.807, 2.05) is 46.6 Å². The lowest BCUT2D eigenvalue weighted by Gasteiger charge is -2.39. The molecule has 0 aliphatic carbocycles. The summed E-state index contributed by atoms with van der Waals surface area (Å²) >= 11 is 0. The Kier molecular flexibility index (Phi) is 3.75. The predicted molar refractivity (Wildman–Crippen MR) is 52.9 cm³/mol. The quantitative estimate of drug-likeness (QED) is 0.630. The van der Waals surface area contributed by atoms with Crippen LogP contribution < -0.4 is 5.73 Å². The van der Waals surface area contributed by atoms with Crippen LogP contribution in [0, 0.1) is 0 Å². The van der Waals surface area contributed by atoms with Crippen molar-refractivity contribution in [2.24, 2.45) is 5.73 Å². The van der Waals surface area contributed by atoms with E-state index in [2.05, 4.69) is 0 Å². The van der Waals surface area contributed by atoms with Gasteiger partial charge in [0.1, 0.15) is 0 Å². The van der Waals surface area contributed by atoms with Crippen LogP contribution in [0.5, 0.6) is 0 Å². The third-order valence-corrected chi connectivity index (χ3v) is 2.11. The van der Waals surface area contributed by atoms with Gasteiger partial charge in [0.2, 0.25) is 0 Å². The van der Waals surface area contributed by atoms with E-state index in [0.29, 0.717) is 0 Å². The van der Waals surface area contributed by atoms with Crippen LogP contribution in [0.1, 0.15) is 27.7 Å².